The topological polar surface area (TPSA) is 44.5 Å². The summed E-state index contributed by atoms with van der Waals surface area (Å²) in [5, 5.41) is 0. The van der Waals surface area contributed by atoms with Crippen LogP contribution in [0, 0.1) is 0 Å². The zero-order valence-corrected chi connectivity index (χ0v) is 9.01. The van der Waals surface area contributed by atoms with E-state index in [1.165, 1.54) is 0 Å². The number of halogens is 3. The lowest BCUT2D eigenvalue weighted by molar-refractivity contribution is -0.228. The Balaban J connectivity index is 4.03. The van der Waals surface area contributed by atoms with Crippen molar-refractivity contribution in [1.82, 2.24) is 0 Å². The fourth-order valence-corrected chi connectivity index (χ4v) is 1.05. The van der Waals surface area contributed by atoms with Crippen LogP contribution in [0.5, 0.6) is 0 Å². The number of hydrogen-bond acceptors (Lipinski definition) is 3. The van der Waals surface area contributed by atoms with Gasteiger partial charge in [-0.05, 0) is 13.3 Å². The fourth-order valence-electron chi connectivity index (χ4n) is 1.05. The van der Waals surface area contributed by atoms with E-state index >= 15 is 0 Å². The lowest BCUT2D eigenvalue weighted by Crippen LogP contribution is -2.47. The Labute approximate surface area is 87.7 Å². The Hall–Kier alpha value is -0.330. The monoisotopic (exact) mass is 229 g/mol. The highest BCUT2D eigenvalue weighted by Crippen LogP contribution is 2.25. The van der Waals surface area contributed by atoms with E-state index in [-0.39, 0.29) is 19.6 Å². The second kappa shape index (κ2) is 7.03. The van der Waals surface area contributed by atoms with Crippen LogP contribution in [0.1, 0.15) is 20.3 Å². The van der Waals surface area contributed by atoms with Gasteiger partial charge in [-0.25, -0.2) is 0 Å². The summed E-state index contributed by atoms with van der Waals surface area (Å²) in [4.78, 5) is 0. The van der Waals surface area contributed by atoms with E-state index in [0.717, 1.165) is 0 Å². The molecule has 2 unspecified atom stereocenters. The van der Waals surface area contributed by atoms with Gasteiger partial charge in [0.2, 0.25) is 0 Å². The van der Waals surface area contributed by atoms with Crippen LogP contribution >= 0.6 is 0 Å². The first kappa shape index (κ1) is 14.7. The van der Waals surface area contributed by atoms with Gasteiger partial charge in [0.25, 0.3) is 0 Å². The number of nitrogens with two attached hydrogens (primary N) is 1. The number of rotatable bonds is 7. The minimum atomic E-state index is -4.42. The van der Waals surface area contributed by atoms with Crippen molar-refractivity contribution in [3.63, 3.8) is 0 Å². The number of alkyl halides is 3. The average molecular weight is 229 g/mol. The molecule has 0 aromatic carbocycles. The van der Waals surface area contributed by atoms with E-state index in [0.29, 0.717) is 6.61 Å². The largest absolute Gasteiger partial charge is 0.416 e. The van der Waals surface area contributed by atoms with E-state index in [4.69, 9.17) is 10.5 Å². The van der Waals surface area contributed by atoms with Crippen molar-refractivity contribution >= 4 is 0 Å². The summed E-state index contributed by atoms with van der Waals surface area (Å²) in [6.45, 7) is 3.87. The van der Waals surface area contributed by atoms with Gasteiger partial charge in [0, 0.05) is 12.6 Å². The second-order valence-corrected chi connectivity index (χ2v) is 3.10. The SMILES string of the molecule is CCOCCOC(C(N)CC)C(F)(F)F. The molecule has 0 amide bonds. The van der Waals surface area contributed by atoms with Crippen molar-refractivity contribution in [2.75, 3.05) is 19.8 Å². The third-order valence-electron chi connectivity index (χ3n) is 1.91. The predicted octanol–water partition coefficient (Wildman–Crippen LogP) is 1.71. The molecule has 0 radical (unpaired) electrons. The molecule has 0 bridgehead atoms. The third-order valence-corrected chi connectivity index (χ3v) is 1.91. The Bertz CT molecular complexity index is 164. The summed E-state index contributed by atoms with van der Waals surface area (Å²) in [5.74, 6) is 0. The van der Waals surface area contributed by atoms with E-state index < -0.39 is 18.3 Å². The maximum Gasteiger partial charge on any atom is 0.416 e. The molecule has 0 rings (SSSR count). The third kappa shape index (κ3) is 5.96. The molecule has 2 N–H and O–H groups in total. The van der Waals surface area contributed by atoms with E-state index in [9.17, 15) is 13.2 Å². The first-order chi connectivity index (χ1) is 6.93. The van der Waals surface area contributed by atoms with Gasteiger partial charge in [-0.3, -0.25) is 0 Å². The summed E-state index contributed by atoms with van der Waals surface area (Å²) in [6.07, 6.45) is -6.09. The van der Waals surface area contributed by atoms with Gasteiger partial charge in [-0.1, -0.05) is 6.92 Å². The Morgan fingerprint density at radius 3 is 2.20 bits per heavy atom. The van der Waals surface area contributed by atoms with Crippen LogP contribution in [-0.4, -0.2) is 38.1 Å². The van der Waals surface area contributed by atoms with E-state index in [2.05, 4.69) is 4.74 Å². The van der Waals surface area contributed by atoms with Gasteiger partial charge in [-0.2, -0.15) is 13.2 Å². The summed E-state index contributed by atoms with van der Waals surface area (Å²) < 4.78 is 46.8. The van der Waals surface area contributed by atoms with Crippen LogP contribution in [0.3, 0.4) is 0 Å². The normalized spacial score (nSPS) is 16.4. The van der Waals surface area contributed by atoms with Crippen LogP contribution in [0.4, 0.5) is 13.2 Å². The average Bonchev–Trinajstić information content (AvgIpc) is 2.15. The molecule has 0 fully saturated rings. The molecule has 0 heterocycles. The van der Waals surface area contributed by atoms with Crippen molar-refractivity contribution in [3.8, 4) is 0 Å². The quantitative estimate of drug-likeness (QED) is 0.676. The van der Waals surface area contributed by atoms with Crippen molar-refractivity contribution in [1.29, 1.82) is 0 Å². The molecular weight excluding hydrogens is 211 g/mol. The van der Waals surface area contributed by atoms with Crippen LogP contribution < -0.4 is 5.73 Å². The number of hydrogen-bond donors (Lipinski definition) is 1. The maximum atomic E-state index is 12.4. The summed E-state index contributed by atoms with van der Waals surface area (Å²) in [6, 6.07) is -1.02. The molecule has 15 heavy (non-hydrogen) atoms. The Morgan fingerprint density at radius 2 is 1.80 bits per heavy atom. The second-order valence-electron chi connectivity index (χ2n) is 3.10. The van der Waals surface area contributed by atoms with Crippen molar-refractivity contribution in [2.45, 2.75) is 38.6 Å². The van der Waals surface area contributed by atoms with Crippen molar-refractivity contribution < 1.29 is 22.6 Å². The highest BCUT2D eigenvalue weighted by molar-refractivity contribution is 4.78. The van der Waals surface area contributed by atoms with Crippen LogP contribution in [0.15, 0.2) is 0 Å². The molecule has 0 aliphatic rings. The molecule has 6 heteroatoms. The molecule has 0 spiro atoms. The van der Waals surface area contributed by atoms with Crippen LogP contribution in [-0.2, 0) is 9.47 Å². The van der Waals surface area contributed by atoms with Gasteiger partial charge in [0.15, 0.2) is 6.10 Å². The minimum absolute atomic E-state index is 0.0916. The molecule has 0 saturated heterocycles. The smallest absolute Gasteiger partial charge is 0.379 e. The Kier molecular flexibility index (Phi) is 6.87. The van der Waals surface area contributed by atoms with Crippen LogP contribution in [0.2, 0.25) is 0 Å². The van der Waals surface area contributed by atoms with Gasteiger partial charge in [0.05, 0.1) is 13.2 Å². The first-order valence-electron chi connectivity index (χ1n) is 4.95. The Morgan fingerprint density at radius 1 is 1.20 bits per heavy atom. The molecule has 0 aromatic heterocycles. The maximum absolute atomic E-state index is 12.4. The molecule has 0 aliphatic carbocycles. The summed E-state index contributed by atoms with van der Waals surface area (Å²) in [7, 11) is 0. The highest BCUT2D eigenvalue weighted by atomic mass is 19.4. The van der Waals surface area contributed by atoms with Gasteiger partial charge >= 0.3 is 6.18 Å². The molecule has 0 saturated carbocycles. The van der Waals surface area contributed by atoms with Gasteiger partial charge < -0.3 is 15.2 Å². The molecular formula is C9H18F3NO2. The molecule has 0 aromatic rings. The van der Waals surface area contributed by atoms with Gasteiger partial charge in [0.1, 0.15) is 0 Å². The van der Waals surface area contributed by atoms with Crippen LogP contribution in [0.25, 0.3) is 0 Å². The molecule has 2 atom stereocenters. The lowest BCUT2D eigenvalue weighted by atomic mass is 10.1. The highest BCUT2D eigenvalue weighted by Gasteiger charge is 2.43. The standard InChI is InChI=1S/C9H18F3NO2/c1-3-7(13)8(9(10,11)12)15-6-5-14-4-2/h7-8H,3-6,13H2,1-2H3. The molecule has 0 aliphatic heterocycles. The van der Waals surface area contributed by atoms with Gasteiger partial charge in [-0.15, -0.1) is 0 Å². The van der Waals surface area contributed by atoms with Crippen molar-refractivity contribution in [3.05, 3.63) is 0 Å². The molecule has 3 nitrogen and oxygen atoms in total. The summed E-state index contributed by atoms with van der Waals surface area (Å²) >= 11 is 0. The van der Waals surface area contributed by atoms with E-state index in [1.54, 1.807) is 13.8 Å². The predicted molar refractivity (Wildman–Crippen MR) is 50.6 cm³/mol. The zero-order chi connectivity index (χ0) is 11.9. The van der Waals surface area contributed by atoms with Crippen molar-refractivity contribution in [2.24, 2.45) is 5.73 Å². The fraction of sp³-hybridized carbons (Fsp3) is 1.00. The molecule has 92 valence electrons. The first-order valence-corrected chi connectivity index (χ1v) is 4.95. The van der Waals surface area contributed by atoms with E-state index in [1.807, 2.05) is 0 Å². The lowest BCUT2D eigenvalue weighted by Gasteiger charge is -2.25. The minimum Gasteiger partial charge on any atom is -0.379 e. The summed E-state index contributed by atoms with van der Waals surface area (Å²) in [5.41, 5.74) is 5.33. The number of ether oxygens (including phenoxy) is 2. The zero-order valence-electron chi connectivity index (χ0n) is 9.01.